The van der Waals surface area contributed by atoms with Gasteiger partial charge in [-0.15, -0.1) is 12.4 Å². The first-order chi connectivity index (χ1) is 52.8. The van der Waals surface area contributed by atoms with E-state index in [1.807, 2.05) is 33.9 Å². The first kappa shape index (κ1) is 79.7. The number of benzene rings is 3. The third-order valence-corrected chi connectivity index (χ3v) is 28.4. The number of aromatic hydroxyl groups is 1. The van der Waals surface area contributed by atoms with Crippen molar-refractivity contribution in [2.75, 3.05) is 133 Å². The summed E-state index contributed by atoms with van der Waals surface area (Å²) in [5, 5.41) is 47.8. The number of phenolic OH excluding ortho intramolecular Hbond substituents is 1. The van der Waals surface area contributed by atoms with Gasteiger partial charge in [0.25, 0.3) is 0 Å². The molecule has 0 spiro atoms. The molecule has 17 heterocycles. The summed E-state index contributed by atoms with van der Waals surface area (Å²) in [6.45, 7) is 24.8. The average molecular weight is 1840 g/mol. The summed E-state index contributed by atoms with van der Waals surface area (Å²) >= 11 is 22.9. The van der Waals surface area contributed by atoms with Gasteiger partial charge in [-0.25, -0.2) is 49.2 Å². The van der Waals surface area contributed by atoms with Crippen LogP contribution in [0.3, 0.4) is 0 Å². The minimum absolute atomic E-state index is 0. The summed E-state index contributed by atoms with van der Waals surface area (Å²) in [6.07, 6.45) is 18.6. The maximum absolute atomic E-state index is 10.5. The van der Waals surface area contributed by atoms with Crippen LogP contribution in [0.1, 0.15) is 67.7 Å². The van der Waals surface area contributed by atoms with Crippen LogP contribution in [0.5, 0.6) is 5.75 Å². The molecule has 25 nitrogen and oxygen atoms in total. The topological polar surface area (TPSA) is 276 Å². The molecule has 109 heavy (non-hydrogen) atoms. The highest BCUT2D eigenvalue weighted by atomic mass is 79.9. The Morgan fingerprint density at radius 2 is 0.798 bits per heavy atom. The maximum atomic E-state index is 10.5. The molecule has 20 rings (SSSR count). The van der Waals surface area contributed by atoms with Crippen LogP contribution >= 0.6 is 151 Å². The van der Waals surface area contributed by atoms with Gasteiger partial charge in [0.2, 0.25) is 0 Å². The lowest BCUT2D eigenvalue weighted by molar-refractivity contribution is -0.0395. The minimum atomic E-state index is 0. The van der Waals surface area contributed by atoms with E-state index in [0.717, 1.165) is 241 Å². The highest BCUT2D eigenvalue weighted by molar-refractivity contribution is 9.11. The van der Waals surface area contributed by atoms with Gasteiger partial charge in [-0.2, -0.15) is 15.3 Å². The van der Waals surface area contributed by atoms with Crippen molar-refractivity contribution in [2.24, 2.45) is 0 Å². The Morgan fingerprint density at radius 1 is 0.404 bits per heavy atom. The van der Waals surface area contributed by atoms with Gasteiger partial charge in [0, 0.05) is 159 Å². The SMILES string of the molecule is Brc1nc2sc(Br)nc2s1.Brc1nc2sc(N3CCNCC3)nc2s1.C1CNCCN1.Cc1cc(-c2cnn(C3CCCCO3)c2)ccc1-c1nc2sc(N3CCNCC3)nc2s1.Cc1ccc(-c2cnn(C3CCCCO3)c2)cc1C.Cl.Oc1cc(-c2cn[nH]c2)ccc1-c1nc2sc(N3CCNCC3)nc2s1. The number of halogens is 4. The quantitative estimate of drug-likeness (QED) is 0.0670. The van der Waals surface area contributed by atoms with E-state index in [-0.39, 0.29) is 30.6 Å². The van der Waals surface area contributed by atoms with Crippen molar-refractivity contribution in [3.8, 4) is 60.3 Å². The molecule has 37 heteroatoms. The largest absolute Gasteiger partial charge is 0.507 e. The molecule has 0 bridgehead atoms. The molecule has 0 radical (unpaired) electrons. The molecule has 6 aliphatic rings. The molecule has 6 fully saturated rings. The fourth-order valence-corrected chi connectivity index (χ4v) is 22.6. The van der Waals surface area contributed by atoms with Gasteiger partial charge in [-0.3, -0.25) is 5.10 Å². The van der Waals surface area contributed by atoms with Gasteiger partial charge >= 0.3 is 0 Å². The fourth-order valence-electron chi connectivity index (χ4n) is 12.7. The smallest absolute Gasteiger partial charge is 0.188 e. The molecule has 6 saturated heterocycles. The van der Waals surface area contributed by atoms with Crippen LogP contribution in [-0.4, -0.2) is 193 Å². The number of aromatic amines is 1. The molecule has 574 valence electrons. The first-order valence-corrected chi connectivity index (χ1v) is 44.9. The van der Waals surface area contributed by atoms with E-state index in [2.05, 4.69) is 199 Å². The van der Waals surface area contributed by atoms with E-state index < -0.39 is 0 Å². The Hall–Kier alpha value is -5.98. The number of nitrogens with zero attached hydrogens (tertiary/aromatic N) is 16. The van der Waals surface area contributed by atoms with Crippen LogP contribution in [0.2, 0.25) is 0 Å². The zero-order chi connectivity index (χ0) is 73.9. The Balaban J connectivity index is 0.000000116. The third-order valence-electron chi connectivity index (χ3n) is 18.7. The van der Waals surface area contributed by atoms with Gasteiger partial charge in [0.15, 0.2) is 65.8 Å². The summed E-state index contributed by atoms with van der Waals surface area (Å²) < 4.78 is 18.3. The predicted octanol–water partition coefficient (Wildman–Crippen LogP) is 16.3. The Morgan fingerprint density at radius 3 is 1.19 bits per heavy atom. The highest BCUT2D eigenvalue weighted by Gasteiger charge is 2.24. The Kier molecular flexibility index (Phi) is 27.9. The number of piperazine rings is 4. The lowest BCUT2D eigenvalue weighted by Crippen LogP contribution is -2.43. The van der Waals surface area contributed by atoms with E-state index in [9.17, 15) is 5.11 Å². The van der Waals surface area contributed by atoms with Crippen molar-refractivity contribution < 1.29 is 14.6 Å². The molecule has 0 saturated carbocycles. The predicted molar refractivity (Wildman–Crippen MR) is 463 cm³/mol. The molecular weight excluding hydrogens is 1750 g/mol. The number of ether oxygens (including phenoxy) is 2. The van der Waals surface area contributed by atoms with Crippen LogP contribution in [0.4, 0.5) is 15.4 Å². The molecule has 2 unspecified atom stereocenters. The summed E-state index contributed by atoms with van der Waals surface area (Å²) in [5.74, 6) is 0.215. The maximum Gasteiger partial charge on any atom is 0.188 e. The molecular formula is C72H82Br3ClN22O3S8. The van der Waals surface area contributed by atoms with Crippen LogP contribution < -0.4 is 41.3 Å². The lowest BCUT2D eigenvalue weighted by Gasteiger charge is -2.26. The van der Waals surface area contributed by atoms with E-state index in [0.29, 0.717) is 0 Å². The summed E-state index contributed by atoms with van der Waals surface area (Å²) in [5.41, 5.74) is 12.3. The fraction of sp³-hybridized carbons (Fsp3) is 0.403. The first-order valence-electron chi connectivity index (χ1n) is 36.0. The molecule has 0 amide bonds. The van der Waals surface area contributed by atoms with Crippen LogP contribution in [0, 0.1) is 20.8 Å². The van der Waals surface area contributed by atoms with E-state index >= 15 is 0 Å². The van der Waals surface area contributed by atoms with Gasteiger partial charge in [0.05, 0.1) is 24.2 Å². The van der Waals surface area contributed by atoms with Crippen molar-refractivity contribution >= 4 is 205 Å². The summed E-state index contributed by atoms with van der Waals surface area (Å²) in [6, 6.07) is 18.7. The van der Waals surface area contributed by atoms with Crippen molar-refractivity contribution in [3.63, 3.8) is 0 Å². The average Bonchev–Trinajstić information content (AvgIpc) is 1.64. The van der Waals surface area contributed by atoms with Crippen molar-refractivity contribution in [1.82, 2.24) is 96.2 Å². The molecule has 14 aromatic rings. The number of hydrogen-bond donors (Lipinski definition) is 7. The number of H-pyrrole nitrogens is 1. The molecule has 6 aliphatic heterocycles. The Bertz CT molecular complexity index is 5060. The van der Waals surface area contributed by atoms with Crippen LogP contribution in [-0.2, 0) is 9.47 Å². The summed E-state index contributed by atoms with van der Waals surface area (Å²) in [7, 11) is 0. The number of thiazole rings is 8. The minimum Gasteiger partial charge on any atom is -0.507 e. The van der Waals surface area contributed by atoms with Gasteiger partial charge in [-0.05, 0) is 153 Å². The number of aromatic nitrogens is 14. The second-order valence-electron chi connectivity index (χ2n) is 26.2. The normalized spacial score (nSPS) is 17.5. The third kappa shape index (κ3) is 20.3. The zero-order valence-corrected chi connectivity index (χ0v) is 72.1. The standard InChI is InChI=1S/C23H26N6OS2.C17H16N6OS2.C16H20N2O.C8H9BrN4S2.C4Br2N2S2.C4H10N2.ClH/c1-15-12-16(17-13-25-29(14-17)19-4-2-3-11-30-19)5-6-18(15)20-26-21-22(31-20)27-23(32-21)28-9-7-24-8-10-28;24-13-7-10(11-8-19-20-9-11)1-2-12(13)14-21-15-16(25-14)22-17(26-15)23-5-3-18-4-6-23;1-12-6-7-14(9-13(12)2)15-10-17-18(11-15)16-5-3-4-8-19-16;9-7-11-5-6(14-7)12-8(15-5)13-3-1-10-2-4-13;5-3-7-1-2(10-3)8-4(6)9-1;1-2-6-4-3-5-1;/h5-6,12-14,19,24H,2-4,7-11H2,1H3;1-2,7-9,18,24H,3-6H2,(H,19,20);6-7,9-11,16H,3-5,8H2,1-2H3;10H,1-4H2;;5-6H,1-4H2;1H. The van der Waals surface area contributed by atoms with Crippen molar-refractivity contribution in [3.05, 3.63) is 120 Å². The summed E-state index contributed by atoms with van der Waals surface area (Å²) in [4.78, 5) is 51.6. The monoisotopic (exact) mass is 1830 g/mol. The van der Waals surface area contributed by atoms with Crippen LogP contribution in [0.15, 0.2) is 104 Å². The second-order valence-corrected chi connectivity index (χ2v) is 37.8. The van der Waals surface area contributed by atoms with E-state index in [4.69, 9.17) is 29.4 Å². The van der Waals surface area contributed by atoms with Crippen LogP contribution in [0.25, 0.3) is 93.2 Å². The number of rotatable bonds is 10. The second kappa shape index (κ2) is 38.2. The molecule has 11 aromatic heterocycles. The number of nitrogens with one attached hydrogen (secondary N) is 6. The van der Waals surface area contributed by atoms with E-state index in [1.165, 1.54) is 64.0 Å². The number of fused-ring (bicyclic) bond motifs is 4. The lowest BCUT2D eigenvalue weighted by atomic mass is 10.0. The number of anilines is 3. The number of hydrogen-bond acceptors (Lipinski definition) is 30. The Labute approximate surface area is 694 Å². The van der Waals surface area contributed by atoms with Gasteiger partial charge in [-0.1, -0.05) is 133 Å². The molecule has 3 aromatic carbocycles. The van der Waals surface area contributed by atoms with Crippen molar-refractivity contribution in [1.29, 1.82) is 0 Å². The number of phenols is 1. The van der Waals surface area contributed by atoms with E-state index in [1.54, 1.807) is 97.8 Å². The molecule has 2 atom stereocenters. The van der Waals surface area contributed by atoms with Gasteiger partial charge in [0.1, 0.15) is 28.2 Å². The zero-order valence-electron chi connectivity index (χ0n) is 60.0. The van der Waals surface area contributed by atoms with Crippen molar-refractivity contribution in [2.45, 2.75) is 71.8 Å². The number of aryl methyl sites for hydroxylation is 3. The molecule has 0 aliphatic carbocycles. The highest BCUT2D eigenvalue weighted by Crippen LogP contribution is 2.43. The van der Waals surface area contributed by atoms with Gasteiger partial charge < -0.3 is 55.9 Å². The molecule has 7 N–H and O–H groups in total.